The third kappa shape index (κ3) is 3.62. The van der Waals surface area contributed by atoms with Gasteiger partial charge in [0.1, 0.15) is 0 Å². The van der Waals surface area contributed by atoms with Gasteiger partial charge in [-0.3, -0.25) is 4.79 Å². The first kappa shape index (κ1) is 12.1. The Bertz CT molecular complexity index is 410. The molecule has 84 valence electrons. The summed E-state index contributed by atoms with van der Waals surface area (Å²) >= 11 is 0. The van der Waals surface area contributed by atoms with Crippen LogP contribution in [0.1, 0.15) is 18.9 Å². The zero-order valence-corrected chi connectivity index (χ0v) is 9.36. The Morgan fingerprint density at radius 3 is 3.00 bits per heavy atom. The molecule has 0 spiro atoms. The molecule has 1 atom stereocenters. The maximum atomic E-state index is 11.0. The highest BCUT2D eigenvalue weighted by atomic mass is 16.5. The Labute approximate surface area is 94.8 Å². The zero-order chi connectivity index (χ0) is 12.0. The summed E-state index contributed by atoms with van der Waals surface area (Å²) in [5, 5.41) is 11.9. The van der Waals surface area contributed by atoms with Crippen LogP contribution in [0.15, 0.2) is 24.3 Å². The highest BCUT2D eigenvalue weighted by molar-refractivity contribution is 5.70. The van der Waals surface area contributed by atoms with Crippen molar-refractivity contribution >= 4 is 11.7 Å². The average molecular weight is 218 g/mol. The SMILES string of the molecule is COC(=O)CC(C)Nc1cccc(C#N)c1. The Balaban J connectivity index is 2.59. The van der Waals surface area contributed by atoms with Gasteiger partial charge in [0.05, 0.1) is 25.2 Å². The molecule has 4 heteroatoms. The summed E-state index contributed by atoms with van der Waals surface area (Å²) in [6.45, 7) is 1.88. The normalized spacial score (nSPS) is 11.3. The number of ether oxygens (including phenoxy) is 1. The van der Waals surface area contributed by atoms with E-state index in [1.54, 1.807) is 18.2 Å². The molecule has 1 N–H and O–H groups in total. The highest BCUT2D eigenvalue weighted by Gasteiger charge is 2.08. The van der Waals surface area contributed by atoms with Gasteiger partial charge in [-0.2, -0.15) is 5.26 Å². The summed E-state index contributed by atoms with van der Waals surface area (Å²) in [6, 6.07) is 9.16. The summed E-state index contributed by atoms with van der Waals surface area (Å²) in [7, 11) is 1.37. The maximum Gasteiger partial charge on any atom is 0.307 e. The van der Waals surface area contributed by atoms with Crippen molar-refractivity contribution in [3.8, 4) is 6.07 Å². The molecule has 1 unspecified atom stereocenters. The molecule has 16 heavy (non-hydrogen) atoms. The van der Waals surface area contributed by atoms with Crippen LogP contribution in [0.2, 0.25) is 0 Å². The third-order valence-electron chi connectivity index (χ3n) is 2.11. The molecule has 0 saturated heterocycles. The number of nitrogens with zero attached hydrogens (tertiary/aromatic N) is 1. The zero-order valence-electron chi connectivity index (χ0n) is 9.36. The minimum absolute atomic E-state index is 0.0265. The molecule has 0 aliphatic heterocycles. The molecule has 1 aromatic carbocycles. The second kappa shape index (κ2) is 5.76. The van der Waals surface area contributed by atoms with Crippen molar-refractivity contribution in [3.63, 3.8) is 0 Å². The van der Waals surface area contributed by atoms with Crippen LogP contribution in [0.3, 0.4) is 0 Å². The first-order chi connectivity index (χ1) is 7.65. The lowest BCUT2D eigenvalue weighted by Gasteiger charge is -2.13. The maximum absolute atomic E-state index is 11.0. The second-order valence-electron chi connectivity index (χ2n) is 3.52. The van der Waals surface area contributed by atoms with Crippen molar-refractivity contribution in [3.05, 3.63) is 29.8 Å². The van der Waals surface area contributed by atoms with Gasteiger partial charge in [-0.15, -0.1) is 0 Å². The van der Waals surface area contributed by atoms with Crippen LogP contribution < -0.4 is 5.32 Å². The average Bonchev–Trinajstić information content (AvgIpc) is 2.28. The molecule has 1 aromatic rings. The number of anilines is 1. The van der Waals surface area contributed by atoms with E-state index in [4.69, 9.17) is 5.26 Å². The monoisotopic (exact) mass is 218 g/mol. The quantitative estimate of drug-likeness (QED) is 0.784. The number of carbonyl (C=O) groups excluding carboxylic acids is 1. The molecule has 0 saturated carbocycles. The van der Waals surface area contributed by atoms with Gasteiger partial charge in [-0.25, -0.2) is 0 Å². The Hall–Kier alpha value is -2.02. The van der Waals surface area contributed by atoms with E-state index in [0.717, 1.165) is 5.69 Å². The molecule has 0 amide bonds. The number of nitrogens with one attached hydrogen (secondary N) is 1. The fraction of sp³-hybridized carbons (Fsp3) is 0.333. The van der Waals surface area contributed by atoms with Crippen molar-refractivity contribution < 1.29 is 9.53 Å². The lowest BCUT2D eigenvalue weighted by molar-refractivity contribution is -0.140. The first-order valence-corrected chi connectivity index (χ1v) is 4.99. The van der Waals surface area contributed by atoms with Crippen molar-refractivity contribution in [2.45, 2.75) is 19.4 Å². The number of benzene rings is 1. The minimum Gasteiger partial charge on any atom is -0.469 e. The number of nitriles is 1. The molecule has 0 heterocycles. The van der Waals surface area contributed by atoms with Gasteiger partial charge in [0.25, 0.3) is 0 Å². The van der Waals surface area contributed by atoms with Crippen molar-refractivity contribution in [1.29, 1.82) is 5.26 Å². The van der Waals surface area contributed by atoms with Gasteiger partial charge in [-0.1, -0.05) is 6.07 Å². The molecule has 0 aliphatic carbocycles. The van der Waals surface area contributed by atoms with Crippen LogP contribution in [-0.2, 0) is 9.53 Å². The predicted molar refractivity (Wildman–Crippen MR) is 60.9 cm³/mol. The number of methoxy groups -OCH3 is 1. The van der Waals surface area contributed by atoms with E-state index in [9.17, 15) is 4.79 Å². The Morgan fingerprint density at radius 1 is 1.62 bits per heavy atom. The van der Waals surface area contributed by atoms with Crippen LogP contribution in [0.5, 0.6) is 0 Å². The van der Waals surface area contributed by atoms with E-state index in [0.29, 0.717) is 12.0 Å². The lowest BCUT2D eigenvalue weighted by Crippen LogP contribution is -2.20. The van der Waals surface area contributed by atoms with E-state index in [1.165, 1.54) is 7.11 Å². The van der Waals surface area contributed by atoms with Gasteiger partial charge >= 0.3 is 5.97 Å². The minimum atomic E-state index is -0.253. The van der Waals surface area contributed by atoms with Crippen molar-refractivity contribution in [1.82, 2.24) is 0 Å². The first-order valence-electron chi connectivity index (χ1n) is 4.99. The molecular formula is C12H14N2O2. The van der Waals surface area contributed by atoms with Crippen LogP contribution in [0, 0.1) is 11.3 Å². The second-order valence-corrected chi connectivity index (χ2v) is 3.52. The van der Waals surface area contributed by atoms with Gasteiger partial charge in [-0.05, 0) is 25.1 Å². The van der Waals surface area contributed by atoms with Crippen LogP contribution in [0.4, 0.5) is 5.69 Å². The molecule has 0 radical (unpaired) electrons. The summed E-state index contributed by atoms with van der Waals surface area (Å²) in [4.78, 5) is 11.0. The van der Waals surface area contributed by atoms with Gasteiger partial charge in [0.2, 0.25) is 0 Å². The Morgan fingerprint density at radius 2 is 2.38 bits per heavy atom. The largest absolute Gasteiger partial charge is 0.469 e. The van der Waals surface area contributed by atoms with Gasteiger partial charge in [0.15, 0.2) is 0 Å². The number of hydrogen-bond acceptors (Lipinski definition) is 4. The number of hydrogen-bond donors (Lipinski definition) is 1. The molecule has 0 aromatic heterocycles. The van der Waals surface area contributed by atoms with Crippen LogP contribution in [-0.4, -0.2) is 19.1 Å². The van der Waals surface area contributed by atoms with Gasteiger partial charge in [0, 0.05) is 11.7 Å². The van der Waals surface area contributed by atoms with E-state index in [1.807, 2.05) is 13.0 Å². The third-order valence-corrected chi connectivity index (χ3v) is 2.11. The standard InChI is InChI=1S/C12H14N2O2/c1-9(6-12(15)16-2)14-11-5-3-4-10(7-11)8-13/h3-5,7,9,14H,6H2,1-2H3. The topological polar surface area (TPSA) is 62.1 Å². The Kier molecular flexibility index (Phi) is 4.34. The molecular weight excluding hydrogens is 204 g/mol. The molecule has 0 bridgehead atoms. The van der Waals surface area contributed by atoms with Crippen LogP contribution >= 0.6 is 0 Å². The van der Waals surface area contributed by atoms with Crippen LogP contribution in [0.25, 0.3) is 0 Å². The summed E-state index contributed by atoms with van der Waals surface area (Å²) in [6.07, 6.45) is 0.299. The van der Waals surface area contributed by atoms with Gasteiger partial charge < -0.3 is 10.1 Å². The lowest BCUT2D eigenvalue weighted by atomic mass is 10.2. The fourth-order valence-electron chi connectivity index (χ4n) is 1.35. The molecule has 0 fully saturated rings. The van der Waals surface area contributed by atoms with Crippen molar-refractivity contribution in [2.75, 3.05) is 12.4 Å². The van der Waals surface area contributed by atoms with E-state index >= 15 is 0 Å². The fourth-order valence-corrected chi connectivity index (χ4v) is 1.35. The number of esters is 1. The van der Waals surface area contributed by atoms with Crippen molar-refractivity contribution in [2.24, 2.45) is 0 Å². The number of carbonyl (C=O) groups is 1. The van der Waals surface area contributed by atoms with E-state index in [-0.39, 0.29) is 12.0 Å². The molecule has 4 nitrogen and oxygen atoms in total. The summed E-state index contributed by atoms with van der Waals surface area (Å²) < 4.78 is 4.57. The molecule has 1 rings (SSSR count). The summed E-state index contributed by atoms with van der Waals surface area (Å²) in [5.74, 6) is -0.253. The smallest absolute Gasteiger partial charge is 0.307 e. The van der Waals surface area contributed by atoms with E-state index in [2.05, 4.69) is 16.1 Å². The van der Waals surface area contributed by atoms with E-state index < -0.39 is 0 Å². The molecule has 0 aliphatic rings. The highest BCUT2D eigenvalue weighted by Crippen LogP contribution is 2.12. The summed E-state index contributed by atoms with van der Waals surface area (Å²) in [5.41, 5.74) is 1.42. The number of rotatable bonds is 4. The predicted octanol–water partition coefficient (Wildman–Crippen LogP) is 1.92.